The van der Waals surface area contributed by atoms with E-state index in [2.05, 4.69) is 27.3 Å². The van der Waals surface area contributed by atoms with E-state index in [1.165, 1.54) is 42.5 Å². The number of likely N-dealkylation sites (tertiary alicyclic amines) is 1. The molecule has 2 heterocycles. The summed E-state index contributed by atoms with van der Waals surface area (Å²) in [6.45, 7) is 3.30. The van der Waals surface area contributed by atoms with Crippen molar-refractivity contribution >= 4 is 57.3 Å². The van der Waals surface area contributed by atoms with Gasteiger partial charge in [0.1, 0.15) is 0 Å². The molecule has 1 aliphatic heterocycles. The number of hydrogen-bond donors (Lipinski definition) is 2. The smallest absolute Gasteiger partial charge is 0.332 e. The minimum Gasteiger partial charge on any atom is -0.332 e. The maximum atomic E-state index is 12.4. The minimum atomic E-state index is -0.340. The maximum Gasteiger partial charge on any atom is 0.332 e. The number of nitrogens with one attached hydrogen (secondary N) is 2. The van der Waals surface area contributed by atoms with Gasteiger partial charge < -0.3 is 10.3 Å². The Kier molecular flexibility index (Phi) is 5.73. The summed E-state index contributed by atoms with van der Waals surface area (Å²) in [5.41, 5.74) is 2.92. The number of imidazole rings is 1. The molecule has 5 nitrogen and oxygen atoms in total. The van der Waals surface area contributed by atoms with Crippen molar-refractivity contribution in [3.8, 4) is 0 Å². The van der Waals surface area contributed by atoms with Gasteiger partial charge in [0, 0.05) is 12.2 Å². The van der Waals surface area contributed by atoms with E-state index in [9.17, 15) is 4.79 Å². The Morgan fingerprint density at radius 2 is 1.75 bits per heavy atom. The maximum absolute atomic E-state index is 12.4. The van der Waals surface area contributed by atoms with E-state index in [-0.39, 0.29) is 10.8 Å². The van der Waals surface area contributed by atoms with Crippen LogP contribution in [0.1, 0.15) is 24.8 Å². The van der Waals surface area contributed by atoms with Gasteiger partial charge in [-0.3, -0.25) is 4.90 Å². The van der Waals surface area contributed by atoms with Crippen molar-refractivity contribution < 1.29 is 0 Å². The van der Waals surface area contributed by atoms with E-state index >= 15 is 0 Å². The number of rotatable bonds is 3. The van der Waals surface area contributed by atoms with Gasteiger partial charge in [-0.05, 0) is 68.0 Å². The van der Waals surface area contributed by atoms with Crippen LogP contribution in [0.4, 0.5) is 5.69 Å². The number of benzene rings is 2. The van der Waals surface area contributed by atoms with Crippen molar-refractivity contribution in [2.75, 3.05) is 18.4 Å². The second-order valence-electron chi connectivity index (χ2n) is 7.01. The SMILES string of the molecule is O=c1[nH]c2cc(Cl)c(Cl)cc2n1C(=S)Nc1ccc(CN2CCCCC2)cc1. The molecular formula is C20H20Cl2N4OS. The van der Waals surface area contributed by atoms with Crippen LogP contribution in [0.25, 0.3) is 11.0 Å². The van der Waals surface area contributed by atoms with Gasteiger partial charge in [-0.2, -0.15) is 0 Å². The Balaban J connectivity index is 1.51. The van der Waals surface area contributed by atoms with Gasteiger partial charge in [0.15, 0.2) is 5.11 Å². The lowest BCUT2D eigenvalue weighted by molar-refractivity contribution is 0.221. The Hall–Kier alpha value is -1.86. The normalized spacial score (nSPS) is 15.1. The number of H-pyrrole nitrogens is 1. The summed E-state index contributed by atoms with van der Waals surface area (Å²) < 4.78 is 1.38. The van der Waals surface area contributed by atoms with Crippen molar-refractivity contribution in [3.05, 3.63) is 62.5 Å². The molecule has 0 saturated carbocycles. The topological polar surface area (TPSA) is 53.1 Å². The molecule has 28 heavy (non-hydrogen) atoms. The van der Waals surface area contributed by atoms with E-state index in [4.69, 9.17) is 35.4 Å². The first kappa shape index (κ1) is 19.5. The van der Waals surface area contributed by atoms with Crippen LogP contribution in [0.15, 0.2) is 41.2 Å². The molecular weight excluding hydrogens is 415 g/mol. The highest BCUT2D eigenvalue weighted by Gasteiger charge is 2.14. The van der Waals surface area contributed by atoms with Crippen molar-refractivity contribution in [1.29, 1.82) is 0 Å². The lowest BCUT2D eigenvalue weighted by Gasteiger charge is -2.26. The standard InChI is InChI=1S/C20H20Cl2N4OS/c21-15-10-17-18(11-16(15)22)26(19(27)24-17)20(28)23-14-6-4-13(5-7-14)12-25-8-2-1-3-9-25/h4-7,10-11H,1-3,8-9,12H2,(H,23,28)(H,24,27). The van der Waals surface area contributed by atoms with Gasteiger partial charge in [-0.15, -0.1) is 0 Å². The number of nitrogens with zero attached hydrogens (tertiary/aromatic N) is 2. The quantitative estimate of drug-likeness (QED) is 0.577. The molecule has 1 aliphatic rings. The third-order valence-electron chi connectivity index (χ3n) is 4.99. The summed E-state index contributed by atoms with van der Waals surface area (Å²) >= 11 is 17.6. The van der Waals surface area contributed by atoms with Crippen LogP contribution in [0, 0.1) is 0 Å². The Labute approximate surface area is 178 Å². The summed E-state index contributed by atoms with van der Waals surface area (Å²) in [5, 5.41) is 4.15. The van der Waals surface area contributed by atoms with Crippen LogP contribution < -0.4 is 11.0 Å². The van der Waals surface area contributed by atoms with E-state index in [0.29, 0.717) is 21.1 Å². The number of thiocarbonyl (C=S) groups is 1. The number of hydrogen-bond acceptors (Lipinski definition) is 3. The van der Waals surface area contributed by atoms with Gasteiger partial charge >= 0.3 is 5.69 Å². The monoisotopic (exact) mass is 434 g/mol. The predicted octanol–water partition coefficient (Wildman–Crippen LogP) is 4.87. The molecule has 0 radical (unpaired) electrons. The summed E-state index contributed by atoms with van der Waals surface area (Å²) in [6.07, 6.45) is 3.90. The molecule has 0 bridgehead atoms. The number of anilines is 1. The second-order valence-corrected chi connectivity index (χ2v) is 8.21. The molecule has 8 heteroatoms. The molecule has 146 valence electrons. The van der Waals surface area contributed by atoms with Crippen molar-refractivity contribution in [1.82, 2.24) is 14.5 Å². The summed E-state index contributed by atoms with van der Waals surface area (Å²) in [4.78, 5) is 17.6. The average Bonchev–Trinajstić information content (AvgIpc) is 2.99. The van der Waals surface area contributed by atoms with Gasteiger partial charge in [0.05, 0.1) is 21.1 Å². The van der Waals surface area contributed by atoms with Gasteiger partial charge in [0.2, 0.25) is 0 Å². The number of piperidine rings is 1. The summed E-state index contributed by atoms with van der Waals surface area (Å²) in [6, 6.07) is 11.4. The summed E-state index contributed by atoms with van der Waals surface area (Å²) in [5.74, 6) is 0. The van der Waals surface area contributed by atoms with Crippen LogP contribution in [-0.4, -0.2) is 32.7 Å². The molecule has 0 atom stereocenters. The highest BCUT2D eigenvalue weighted by molar-refractivity contribution is 7.80. The summed E-state index contributed by atoms with van der Waals surface area (Å²) in [7, 11) is 0. The highest BCUT2D eigenvalue weighted by Crippen LogP contribution is 2.26. The Morgan fingerprint density at radius 1 is 1.07 bits per heavy atom. The van der Waals surface area contributed by atoms with E-state index in [1.54, 1.807) is 12.1 Å². The lowest BCUT2D eigenvalue weighted by atomic mass is 10.1. The van der Waals surface area contributed by atoms with E-state index in [0.717, 1.165) is 12.2 Å². The number of aromatic amines is 1. The molecule has 0 spiro atoms. The van der Waals surface area contributed by atoms with Gasteiger partial charge in [0.25, 0.3) is 0 Å². The third kappa shape index (κ3) is 4.10. The second kappa shape index (κ2) is 8.25. The largest absolute Gasteiger partial charge is 0.332 e. The molecule has 2 N–H and O–H groups in total. The first-order valence-corrected chi connectivity index (χ1v) is 10.4. The minimum absolute atomic E-state index is 0.276. The molecule has 2 aromatic carbocycles. The molecule has 0 aliphatic carbocycles. The van der Waals surface area contributed by atoms with Crippen molar-refractivity contribution in [2.24, 2.45) is 0 Å². The van der Waals surface area contributed by atoms with Crippen LogP contribution in [0.3, 0.4) is 0 Å². The third-order valence-corrected chi connectivity index (χ3v) is 5.99. The first-order valence-electron chi connectivity index (χ1n) is 9.24. The number of halogens is 2. The number of aromatic nitrogens is 2. The predicted molar refractivity (Wildman–Crippen MR) is 120 cm³/mol. The van der Waals surface area contributed by atoms with E-state index < -0.39 is 0 Å². The molecule has 4 rings (SSSR count). The van der Waals surface area contributed by atoms with Crippen LogP contribution >= 0.6 is 35.4 Å². The molecule has 3 aromatic rings. The Bertz CT molecular complexity index is 1070. The Morgan fingerprint density at radius 3 is 2.46 bits per heavy atom. The fraction of sp³-hybridized carbons (Fsp3) is 0.300. The van der Waals surface area contributed by atoms with Crippen LogP contribution in [0.5, 0.6) is 0 Å². The molecule has 0 amide bonds. The van der Waals surface area contributed by atoms with Crippen molar-refractivity contribution in [2.45, 2.75) is 25.8 Å². The zero-order valence-corrected chi connectivity index (χ0v) is 17.5. The van der Waals surface area contributed by atoms with Gasteiger partial charge in [-0.1, -0.05) is 41.8 Å². The lowest BCUT2D eigenvalue weighted by Crippen LogP contribution is -2.29. The van der Waals surface area contributed by atoms with Crippen LogP contribution in [0.2, 0.25) is 10.0 Å². The average molecular weight is 435 g/mol. The van der Waals surface area contributed by atoms with Crippen LogP contribution in [-0.2, 0) is 6.54 Å². The zero-order valence-electron chi connectivity index (χ0n) is 15.2. The fourth-order valence-electron chi connectivity index (χ4n) is 3.55. The first-order chi connectivity index (χ1) is 13.5. The molecule has 0 unspecified atom stereocenters. The molecule has 1 saturated heterocycles. The fourth-order valence-corrected chi connectivity index (χ4v) is 4.17. The zero-order chi connectivity index (χ0) is 19.7. The molecule has 1 fully saturated rings. The molecule has 1 aromatic heterocycles. The number of fused-ring (bicyclic) bond motifs is 1. The van der Waals surface area contributed by atoms with Crippen molar-refractivity contribution in [3.63, 3.8) is 0 Å². The van der Waals surface area contributed by atoms with Gasteiger partial charge in [-0.25, -0.2) is 9.36 Å². The van der Waals surface area contributed by atoms with E-state index in [1.807, 2.05) is 12.1 Å². The highest BCUT2D eigenvalue weighted by atomic mass is 35.5.